The van der Waals surface area contributed by atoms with E-state index in [4.69, 9.17) is 5.73 Å². The van der Waals surface area contributed by atoms with E-state index in [0.29, 0.717) is 0 Å². The van der Waals surface area contributed by atoms with E-state index in [-0.39, 0.29) is 6.04 Å². The summed E-state index contributed by atoms with van der Waals surface area (Å²) in [4.78, 5) is 0. The van der Waals surface area contributed by atoms with E-state index in [1.165, 1.54) is 0 Å². The topological polar surface area (TPSA) is 43.8 Å². The first-order valence-corrected chi connectivity index (χ1v) is 3.37. The fraction of sp³-hybridized carbons (Fsp3) is 0.571. The van der Waals surface area contributed by atoms with Gasteiger partial charge < -0.3 is 5.73 Å². The van der Waals surface area contributed by atoms with Gasteiger partial charge in [-0.3, -0.25) is 4.68 Å². The second kappa shape index (κ2) is 2.42. The molecule has 0 bridgehead atoms. The van der Waals surface area contributed by atoms with Crippen LogP contribution in [0.2, 0.25) is 0 Å². The number of aryl methyl sites for hydroxylation is 2. The van der Waals surface area contributed by atoms with Crippen molar-refractivity contribution in [3.63, 3.8) is 0 Å². The lowest BCUT2D eigenvalue weighted by Gasteiger charge is -2.06. The van der Waals surface area contributed by atoms with Crippen LogP contribution in [0.4, 0.5) is 0 Å². The second-order valence-corrected chi connectivity index (χ2v) is 2.63. The maximum Gasteiger partial charge on any atom is 0.0574 e. The average molecular weight is 139 g/mol. The van der Waals surface area contributed by atoms with Gasteiger partial charge in [-0.25, -0.2) is 0 Å². The van der Waals surface area contributed by atoms with E-state index >= 15 is 0 Å². The van der Waals surface area contributed by atoms with Gasteiger partial charge in [-0.1, -0.05) is 0 Å². The van der Waals surface area contributed by atoms with E-state index in [9.17, 15) is 0 Å². The molecule has 1 aromatic rings. The van der Waals surface area contributed by atoms with Crippen LogP contribution < -0.4 is 5.73 Å². The molecule has 56 valence electrons. The summed E-state index contributed by atoms with van der Waals surface area (Å²) >= 11 is 0. The predicted octanol–water partition coefficient (Wildman–Crippen LogP) is 0.748. The highest BCUT2D eigenvalue weighted by Gasteiger charge is 2.07. The molecule has 0 saturated heterocycles. The molecule has 1 heterocycles. The molecule has 2 N–H and O–H groups in total. The third kappa shape index (κ3) is 1.04. The fourth-order valence-corrected chi connectivity index (χ4v) is 1.21. The predicted molar refractivity (Wildman–Crippen MR) is 40.5 cm³/mol. The molecule has 0 fully saturated rings. The molecule has 1 atom stereocenters. The molecule has 10 heavy (non-hydrogen) atoms. The standard InChI is InChI=1S/C7H13N3/c1-5-4-9-10(3)7(5)6(2)8/h4,6H,8H2,1-3H3. The Bertz CT molecular complexity index is 205. The Balaban J connectivity index is 3.10. The largest absolute Gasteiger partial charge is 0.323 e. The van der Waals surface area contributed by atoms with Crippen molar-refractivity contribution >= 4 is 0 Å². The molecule has 1 rings (SSSR count). The van der Waals surface area contributed by atoms with Gasteiger partial charge in [0.2, 0.25) is 0 Å². The Hall–Kier alpha value is -0.830. The zero-order chi connectivity index (χ0) is 7.72. The van der Waals surface area contributed by atoms with Crippen LogP contribution >= 0.6 is 0 Å². The van der Waals surface area contributed by atoms with Crippen molar-refractivity contribution in [3.05, 3.63) is 17.5 Å². The van der Waals surface area contributed by atoms with Gasteiger partial charge in [0.05, 0.1) is 11.9 Å². The Morgan fingerprint density at radius 2 is 2.30 bits per heavy atom. The summed E-state index contributed by atoms with van der Waals surface area (Å²) in [5.74, 6) is 0. The van der Waals surface area contributed by atoms with Crippen LogP contribution in [0, 0.1) is 6.92 Å². The Morgan fingerprint density at radius 1 is 1.70 bits per heavy atom. The molecule has 0 spiro atoms. The monoisotopic (exact) mass is 139 g/mol. The van der Waals surface area contributed by atoms with Crippen LogP contribution in [-0.4, -0.2) is 9.78 Å². The summed E-state index contributed by atoms with van der Waals surface area (Å²) in [5, 5.41) is 4.07. The zero-order valence-corrected chi connectivity index (χ0v) is 6.63. The lowest BCUT2D eigenvalue weighted by Crippen LogP contribution is -2.11. The zero-order valence-electron chi connectivity index (χ0n) is 6.63. The summed E-state index contributed by atoms with van der Waals surface area (Å²) in [7, 11) is 1.91. The first kappa shape index (κ1) is 7.28. The minimum absolute atomic E-state index is 0.0764. The van der Waals surface area contributed by atoms with E-state index in [0.717, 1.165) is 11.3 Å². The average Bonchev–Trinajstić information content (AvgIpc) is 2.11. The van der Waals surface area contributed by atoms with Crippen LogP contribution in [0.25, 0.3) is 0 Å². The smallest absolute Gasteiger partial charge is 0.0574 e. The fourth-order valence-electron chi connectivity index (χ4n) is 1.21. The number of hydrogen-bond acceptors (Lipinski definition) is 2. The quantitative estimate of drug-likeness (QED) is 0.624. The van der Waals surface area contributed by atoms with Crippen molar-refractivity contribution in [1.29, 1.82) is 0 Å². The molecule has 0 aliphatic carbocycles. The van der Waals surface area contributed by atoms with Gasteiger partial charge >= 0.3 is 0 Å². The van der Waals surface area contributed by atoms with E-state index in [1.54, 1.807) is 0 Å². The molecule has 3 nitrogen and oxygen atoms in total. The van der Waals surface area contributed by atoms with Crippen molar-refractivity contribution in [3.8, 4) is 0 Å². The molecular weight excluding hydrogens is 126 g/mol. The van der Waals surface area contributed by atoms with Crippen LogP contribution in [0.3, 0.4) is 0 Å². The molecule has 1 unspecified atom stereocenters. The highest BCUT2D eigenvalue weighted by molar-refractivity contribution is 5.17. The van der Waals surface area contributed by atoms with Crippen LogP contribution in [0.15, 0.2) is 6.20 Å². The van der Waals surface area contributed by atoms with E-state index < -0.39 is 0 Å². The molecule has 0 aromatic carbocycles. The number of aromatic nitrogens is 2. The maximum absolute atomic E-state index is 5.70. The summed E-state index contributed by atoms with van der Waals surface area (Å²) in [6.07, 6.45) is 1.83. The lowest BCUT2D eigenvalue weighted by molar-refractivity contribution is 0.651. The molecule has 3 heteroatoms. The maximum atomic E-state index is 5.70. The summed E-state index contributed by atoms with van der Waals surface area (Å²) in [5.41, 5.74) is 7.97. The number of rotatable bonds is 1. The second-order valence-electron chi connectivity index (χ2n) is 2.63. The summed E-state index contributed by atoms with van der Waals surface area (Å²) in [6.45, 7) is 3.98. The first-order chi connectivity index (χ1) is 4.63. The molecule has 0 amide bonds. The van der Waals surface area contributed by atoms with Gasteiger partial charge in [0.1, 0.15) is 0 Å². The molecule has 1 aromatic heterocycles. The minimum Gasteiger partial charge on any atom is -0.323 e. The van der Waals surface area contributed by atoms with E-state index in [1.807, 2.05) is 31.8 Å². The molecule has 0 radical (unpaired) electrons. The van der Waals surface area contributed by atoms with Gasteiger partial charge in [-0.05, 0) is 19.4 Å². The molecule has 0 aliphatic rings. The summed E-state index contributed by atoms with van der Waals surface area (Å²) in [6, 6.07) is 0.0764. The lowest BCUT2D eigenvalue weighted by atomic mass is 10.2. The van der Waals surface area contributed by atoms with Gasteiger partial charge in [0, 0.05) is 13.1 Å². The Morgan fingerprint density at radius 3 is 2.50 bits per heavy atom. The van der Waals surface area contributed by atoms with Crippen molar-refractivity contribution in [1.82, 2.24) is 9.78 Å². The molecular formula is C7H13N3. The molecule has 0 saturated carbocycles. The van der Waals surface area contributed by atoms with E-state index in [2.05, 4.69) is 5.10 Å². The van der Waals surface area contributed by atoms with Crippen LogP contribution in [0.5, 0.6) is 0 Å². The third-order valence-electron chi connectivity index (χ3n) is 1.61. The first-order valence-electron chi connectivity index (χ1n) is 3.37. The van der Waals surface area contributed by atoms with Gasteiger partial charge in [-0.2, -0.15) is 5.10 Å². The van der Waals surface area contributed by atoms with Crippen molar-refractivity contribution < 1.29 is 0 Å². The Labute approximate surface area is 60.8 Å². The van der Waals surface area contributed by atoms with Crippen LogP contribution in [-0.2, 0) is 7.05 Å². The van der Waals surface area contributed by atoms with Gasteiger partial charge in [0.25, 0.3) is 0 Å². The molecule has 0 aliphatic heterocycles. The van der Waals surface area contributed by atoms with Crippen LogP contribution in [0.1, 0.15) is 24.2 Å². The van der Waals surface area contributed by atoms with Crippen molar-refractivity contribution in [2.24, 2.45) is 12.8 Å². The number of hydrogen-bond donors (Lipinski definition) is 1. The Kier molecular flexibility index (Phi) is 1.76. The normalized spacial score (nSPS) is 13.6. The van der Waals surface area contributed by atoms with Crippen molar-refractivity contribution in [2.75, 3.05) is 0 Å². The van der Waals surface area contributed by atoms with Gasteiger partial charge in [-0.15, -0.1) is 0 Å². The van der Waals surface area contributed by atoms with Crippen molar-refractivity contribution in [2.45, 2.75) is 19.9 Å². The summed E-state index contributed by atoms with van der Waals surface area (Å²) < 4.78 is 1.82. The highest BCUT2D eigenvalue weighted by Crippen LogP contribution is 2.12. The number of nitrogens with zero attached hydrogens (tertiary/aromatic N) is 2. The number of nitrogens with two attached hydrogens (primary N) is 1. The van der Waals surface area contributed by atoms with Gasteiger partial charge in [0.15, 0.2) is 0 Å². The highest BCUT2D eigenvalue weighted by atomic mass is 15.3. The minimum atomic E-state index is 0.0764. The SMILES string of the molecule is Cc1cnn(C)c1C(C)N. The third-order valence-corrected chi connectivity index (χ3v) is 1.61.